The summed E-state index contributed by atoms with van der Waals surface area (Å²) in [6.45, 7) is 7.72. The average Bonchev–Trinajstić information content (AvgIpc) is 3.21. The van der Waals surface area contributed by atoms with Gasteiger partial charge in [-0.3, -0.25) is 9.69 Å². The SMILES string of the molecule is Cc1ccc([C@@H](CNC(=O)c2nc(N3CCOCC3)ncc2Cl)N2CCOCC2)o1. The van der Waals surface area contributed by atoms with E-state index in [2.05, 4.69) is 20.2 Å². The highest BCUT2D eigenvalue weighted by Gasteiger charge is 2.27. The number of aryl methyl sites for hydroxylation is 1. The fraction of sp³-hybridized carbons (Fsp3) is 0.550. The van der Waals surface area contributed by atoms with Gasteiger partial charge in [-0.25, -0.2) is 9.97 Å². The van der Waals surface area contributed by atoms with Crippen molar-refractivity contribution in [1.29, 1.82) is 0 Å². The van der Waals surface area contributed by atoms with Crippen molar-refractivity contribution in [3.63, 3.8) is 0 Å². The summed E-state index contributed by atoms with van der Waals surface area (Å²) in [5, 5.41) is 3.20. The molecule has 0 unspecified atom stereocenters. The molecular weight excluding hydrogens is 410 g/mol. The molecule has 2 saturated heterocycles. The Morgan fingerprint density at radius 2 is 1.87 bits per heavy atom. The van der Waals surface area contributed by atoms with Crippen LogP contribution in [0.15, 0.2) is 22.7 Å². The Morgan fingerprint density at radius 3 is 2.53 bits per heavy atom. The van der Waals surface area contributed by atoms with E-state index in [1.807, 2.05) is 24.0 Å². The van der Waals surface area contributed by atoms with E-state index in [4.69, 9.17) is 25.5 Å². The van der Waals surface area contributed by atoms with Crippen LogP contribution in [0.1, 0.15) is 28.1 Å². The number of anilines is 1. The Kier molecular flexibility index (Phi) is 6.83. The van der Waals surface area contributed by atoms with Gasteiger partial charge in [-0.2, -0.15) is 0 Å². The number of rotatable bonds is 6. The first kappa shape index (κ1) is 21.0. The minimum atomic E-state index is -0.335. The van der Waals surface area contributed by atoms with Crippen LogP contribution in [0.4, 0.5) is 5.95 Å². The number of hydrogen-bond donors (Lipinski definition) is 1. The van der Waals surface area contributed by atoms with Gasteiger partial charge < -0.3 is 24.1 Å². The summed E-state index contributed by atoms with van der Waals surface area (Å²) >= 11 is 6.24. The number of halogens is 1. The van der Waals surface area contributed by atoms with Gasteiger partial charge in [0, 0.05) is 32.7 Å². The van der Waals surface area contributed by atoms with E-state index in [1.54, 1.807) is 0 Å². The number of carbonyl (C=O) groups excluding carboxylic acids is 1. The van der Waals surface area contributed by atoms with Crippen LogP contribution in [0.3, 0.4) is 0 Å². The molecule has 4 heterocycles. The van der Waals surface area contributed by atoms with Crippen molar-refractivity contribution in [1.82, 2.24) is 20.2 Å². The van der Waals surface area contributed by atoms with E-state index >= 15 is 0 Å². The van der Waals surface area contributed by atoms with Gasteiger partial charge in [0.1, 0.15) is 11.5 Å². The van der Waals surface area contributed by atoms with E-state index in [0.717, 1.165) is 24.6 Å². The van der Waals surface area contributed by atoms with Gasteiger partial charge in [0.25, 0.3) is 5.91 Å². The third-order valence-corrected chi connectivity index (χ3v) is 5.55. The Labute approximate surface area is 180 Å². The number of morpholine rings is 2. The van der Waals surface area contributed by atoms with Crippen LogP contribution < -0.4 is 10.2 Å². The number of nitrogens with zero attached hydrogens (tertiary/aromatic N) is 4. The van der Waals surface area contributed by atoms with Crippen molar-refractivity contribution in [2.75, 3.05) is 64.1 Å². The summed E-state index contributed by atoms with van der Waals surface area (Å²) in [7, 11) is 0. The predicted molar refractivity (Wildman–Crippen MR) is 111 cm³/mol. The van der Waals surface area contributed by atoms with Gasteiger partial charge in [-0.05, 0) is 19.1 Å². The molecule has 0 saturated carbocycles. The normalized spacial score (nSPS) is 18.9. The maximum atomic E-state index is 12.9. The minimum Gasteiger partial charge on any atom is -0.465 e. The summed E-state index contributed by atoms with van der Waals surface area (Å²) in [4.78, 5) is 25.9. The second-order valence-electron chi connectivity index (χ2n) is 7.29. The highest BCUT2D eigenvalue weighted by Crippen LogP contribution is 2.24. The van der Waals surface area contributed by atoms with E-state index in [-0.39, 0.29) is 22.7 Å². The number of aromatic nitrogens is 2. The third-order valence-electron chi connectivity index (χ3n) is 5.27. The highest BCUT2D eigenvalue weighted by molar-refractivity contribution is 6.33. The monoisotopic (exact) mass is 435 g/mol. The number of ether oxygens (including phenoxy) is 2. The second kappa shape index (κ2) is 9.74. The zero-order valence-corrected chi connectivity index (χ0v) is 17.7. The summed E-state index contributed by atoms with van der Waals surface area (Å²) in [5.41, 5.74) is 0.171. The van der Waals surface area contributed by atoms with Crippen LogP contribution in [0, 0.1) is 6.92 Å². The van der Waals surface area contributed by atoms with Crippen molar-refractivity contribution >= 4 is 23.5 Å². The van der Waals surface area contributed by atoms with Crippen LogP contribution in [0.5, 0.6) is 0 Å². The minimum absolute atomic E-state index is 0.0918. The lowest BCUT2D eigenvalue weighted by atomic mass is 10.1. The van der Waals surface area contributed by atoms with Crippen LogP contribution in [-0.4, -0.2) is 79.9 Å². The van der Waals surface area contributed by atoms with E-state index in [1.165, 1.54) is 6.20 Å². The van der Waals surface area contributed by atoms with Crippen molar-refractivity contribution in [3.05, 3.63) is 40.6 Å². The number of nitrogens with one attached hydrogen (secondary N) is 1. The van der Waals surface area contributed by atoms with Crippen LogP contribution in [0.2, 0.25) is 5.02 Å². The molecule has 9 nitrogen and oxygen atoms in total. The van der Waals surface area contributed by atoms with Crippen LogP contribution >= 0.6 is 11.6 Å². The molecule has 0 bridgehead atoms. The lowest BCUT2D eigenvalue weighted by Gasteiger charge is -2.33. The fourth-order valence-corrected chi connectivity index (χ4v) is 3.81. The van der Waals surface area contributed by atoms with Crippen molar-refractivity contribution < 1.29 is 18.7 Å². The Bertz CT molecular complexity index is 865. The average molecular weight is 436 g/mol. The van der Waals surface area contributed by atoms with Crippen molar-refractivity contribution in [2.45, 2.75) is 13.0 Å². The molecule has 1 amide bonds. The van der Waals surface area contributed by atoms with Gasteiger partial charge in [-0.1, -0.05) is 11.6 Å². The number of furan rings is 1. The lowest BCUT2D eigenvalue weighted by molar-refractivity contribution is 0.0117. The first-order valence-electron chi connectivity index (χ1n) is 10.1. The molecule has 10 heteroatoms. The first-order chi connectivity index (χ1) is 14.6. The van der Waals surface area contributed by atoms with Gasteiger partial charge in [0.15, 0.2) is 5.69 Å². The lowest BCUT2D eigenvalue weighted by Crippen LogP contribution is -2.44. The molecule has 162 valence electrons. The largest absolute Gasteiger partial charge is 0.465 e. The van der Waals surface area contributed by atoms with Crippen molar-refractivity contribution in [2.24, 2.45) is 0 Å². The fourth-order valence-electron chi connectivity index (χ4n) is 3.64. The summed E-state index contributed by atoms with van der Waals surface area (Å²) in [6.07, 6.45) is 1.48. The zero-order valence-electron chi connectivity index (χ0n) is 17.0. The molecule has 1 atom stereocenters. The first-order valence-corrected chi connectivity index (χ1v) is 10.5. The summed E-state index contributed by atoms with van der Waals surface area (Å²) in [6, 6.07) is 3.79. The molecule has 2 aromatic rings. The quantitative estimate of drug-likeness (QED) is 0.732. The maximum absolute atomic E-state index is 12.9. The van der Waals surface area contributed by atoms with Crippen molar-refractivity contribution in [3.8, 4) is 0 Å². The van der Waals surface area contributed by atoms with Gasteiger partial charge in [0.05, 0.1) is 43.7 Å². The number of hydrogen-bond acceptors (Lipinski definition) is 8. The topological polar surface area (TPSA) is 93.0 Å². The Hall–Kier alpha value is -2.20. The number of carbonyl (C=O) groups is 1. The molecule has 2 aromatic heterocycles. The predicted octanol–water partition coefficient (Wildman–Crippen LogP) is 1.67. The second-order valence-corrected chi connectivity index (χ2v) is 7.70. The van der Waals surface area contributed by atoms with Crippen LogP contribution in [0.25, 0.3) is 0 Å². The molecule has 0 spiro atoms. The Balaban J connectivity index is 1.47. The van der Waals surface area contributed by atoms with Crippen LogP contribution in [-0.2, 0) is 9.47 Å². The Morgan fingerprint density at radius 1 is 1.17 bits per heavy atom. The maximum Gasteiger partial charge on any atom is 0.271 e. The summed E-state index contributed by atoms with van der Waals surface area (Å²) in [5.74, 6) is 1.80. The zero-order chi connectivity index (χ0) is 20.9. The molecule has 0 aromatic carbocycles. The van der Waals surface area contributed by atoms with Gasteiger partial charge in [-0.15, -0.1) is 0 Å². The molecule has 0 aliphatic carbocycles. The number of amides is 1. The van der Waals surface area contributed by atoms with Gasteiger partial charge >= 0.3 is 0 Å². The molecular formula is C20H26ClN5O4. The molecule has 2 aliphatic rings. The smallest absolute Gasteiger partial charge is 0.271 e. The molecule has 4 rings (SSSR count). The van der Waals surface area contributed by atoms with Gasteiger partial charge in [0.2, 0.25) is 5.95 Å². The van der Waals surface area contributed by atoms with E-state index in [9.17, 15) is 4.79 Å². The molecule has 2 fully saturated rings. The molecule has 2 aliphatic heterocycles. The molecule has 30 heavy (non-hydrogen) atoms. The third kappa shape index (κ3) is 4.92. The highest BCUT2D eigenvalue weighted by atomic mass is 35.5. The standard InChI is InChI=1S/C20H26ClN5O4/c1-14-2-3-17(30-14)16(25-4-8-28-9-5-25)13-22-19(27)18-15(21)12-23-20(24-18)26-6-10-29-11-7-26/h2-3,12,16H,4-11,13H2,1H3,(H,22,27)/t16-/m1/s1. The molecule has 1 N–H and O–H groups in total. The van der Waals surface area contributed by atoms with E-state index in [0.29, 0.717) is 52.0 Å². The summed E-state index contributed by atoms with van der Waals surface area (Å²) < 4.78 is 16.7. The van der Waals surface area contributed by atoms with E-state index < -0.39 is 0 Å². The molecule has 0 radical (unpaired) electrons.